The van der Waals surface area contributed by atoms with Crippen LogP contribution in [0.4, 0.5) is 11.4 Å². The van der Waals surface area contributed by atoms with Crippen LogP contribution >= 0.6 is 12.6 Å². The summed E-state index contributed by atoms with van der Waals surface area (Å²) in [6.45, 7) is 2.11. The first kappa shape index (κ1) is 7.80. The third-order valence-corrected chi connectivity index (χ3v) is 2.72. The lowest BCUT2D eigenvalue weighted by Gasteiger charge is -2.17. The van der Waals surface area contributed by atoms with Gasteiger partial charge >= 0.3 is 0 Å². The van der Waals surface area contributed by atoms with E-state index in [-0.39, 0.29) is 5.50 Å². The summed E-state index contributed by atoms with van der Waals surface area (Å²) in [6, 6.07) is 6.25. The number of aryl methyl sites for hydroxylation is 1. The molecule has 0 amide bonds. The number of para-hydroxylation sites is 1. The van der Waals surface area contributed by atoms with Crippen molar-refractivity contribution >= 4 is 24.0 Å². The summed E-state index contributed by atoms with van der Waals surface area (Å²) in [7, 11) is 2.05. The van der Waals surface area contributed by atoms with Gasteiger partial charge in [0.25, 0.3) is 0 Å². The minimum Gasteiger partial charge on any atom is -0.355 e. The Kier molecular flexibility index (Phi) is 1.68. The molecule has 0 aromatic heterocycles. The number of nitrogens with zero attached hydrogens (tertiary/aromatic N) is 1. The van der Waals surface area contributed by atoms with E-state index in [1.165, 1.54) is 16.9 Å². The topological polar surface area (TPSA) is 15.3 Å². The van der Waals surface area contributed by atoms with E-state index in [4.69, 9.17) is 0 Å². The molecule has 0 spiro atoms. The maximum Gasteiger partial charge on any atom is 0.145 e. The van der Waals surface area contributed by atoms with Crippen LogP contribution in [0.2, 0.25) is 0 Å². The lowest BCUT2D eigenvalue weighted by Crippen LogP contribution is -2.26. The zero-order valence-corrected chi connectivity index (χ0v) is 8.10. The summed E-state index contributed by atoms with van der Waals surface area (Å²) >= 11 is 4.39. The molecule has 2 nitrogen and oxygen atoms in total. The smallest absolute Gasteiger partial charge is 0.145 e. The fraction of sp³-hybridized carbons (Fsp3) is 0.333. The van der Waals surface area contributed by atoms with Crippen molar-refractivity contribution in [3.05, 3.63) is 23.8 Å². The SMILES string of the molecule is Cc1cccc2c1N(C)C(S)N2. The van der Waals surface area contributed by atoms with Crippen LogP contribution in [0, 0.1) is 6.92 Å². The minimum atomic E-state index is 0.112. The second-order valence-electron chi connectivity index (χ2n) is 3.10. The quantitative estimate of drug-likeness (QED) is 0.594. The molecule has 2 rings (SSSR count). The Morgan fingerprint density at radius 3 is 2.92 bits per heavy atom. The maximum atomic E-state index is 4.39. The molecule has 12 heavy (non-hydrogen) atoms. The molecule has 0 saturated carbocycles. The van der Waals surface area contributed by atoms with Crippen molar-refractivity contribution in [1.82, 2.24) is 0 Å². The predicted molar refractivity (Wildman–Crippen MR) is 56.0 cm³/mol. The van der Waals surface area contributed by atoms with Crippen molar-refractivity contribution in [3.63, 3.8) is 0 Å². The third-order valence-electron chi connectivity index (χ3n) is 2.24. The van der Waals surface area contributed by atoms with Gasteiger partial charge in [-0.15, -0.1) is 12.6 Å². The van der Waals surface area contributed by atoms with E-state index in [1.807, 2.05) is 7.05 Å². The van der Waals surface area contributed by atoms with Gasteiger partial charge in [0.15, 0.2) is 0 Å². The van der Waals surface area contributed by atoms with Crippen LogP contribution in [0.25, 0.3) is 0 Å². The first-order valence-electron chi connectivity index (χ1n) is 3.97. The van der Waals surface area contributed by atoms with Gasteiger partial charge in [0.2, 0.25) is 0 Å². The van der Waals surface area contributed by atoms with Crippen LogP contribution in [-0.2, 0) is 0 Å². The molecule has 1 N–H and O–H groups in total. The van der Waals surface area contributed by atoms with Crippen LogP contribution in [0.15, 0.2) is 18.2 Å². The molecule has 64 valence electrons. The highest BCUT2D eigenvalue weighted by Gasteiger charge is 2.23. The standard InChI is InChI=1S/C9H12N2S/c1-6-4-3-5-7-8(6)11(2)9(12)10-7/h3-5,9-10,12H,1-2H3. The highest BCUT2D eigenvalue weighted by Crippen LogP contribution is 2.36. The summed E-state index contributed by atoms with van der Waals surface area (Å²) < 4.78 is 0. The van der Waals surface area contributed by atoms with Gasteiger partial charge in [-0.1, -0.05) is 12.1 Å². The van der Waals surface area contributed by atoms with E-state index in [0.29, 0.717) is 0 Å². The van der Waals surface area contributed by atoms with E-state index in [0.717, 1.165) is 0 Å². The van der Waals surface area contributed by atoms with Crippen LogP contribution in [0.5, 0.6) is 0 Å². The molecule has 1 heterocycles. The Morgan fingerprint density at radius 2 is 2.25 bits per heavy atom. The average molecular weight is 180 g/mol. The van der Waals surface area contributed by atoms with Crippen molar-refractivity contribution in [3.8, 4) is 0 Å². The van der Waals surface area contributed by atoms with Gasteiger partial charge < -0.3 is 10.2 Å². The van der Waals surface area contributed by atoms with Crippen LogP contribution in [-0.4, -0.2) is 12.5 Å². The lowest BCUT2D eigenvalue weighted by atomic mass is 10.2. The zero-order chi connectivity index (χ0) is 8.72. The highest BCUT2D eigenvalue weighted by atomic mass is 32.1. The molecule has 3 heteroatoms. The van der Waals surface area contributed by atoms with Crippen LogP contribution in [0.3, 0.4) is 0 Å². The highest BCUT2D eigenvalue weighted by molar-refractivity contribution is 7.81. The lowest BCUT2D eigenvalue weighted by molar-refractivity contribution is 0.974. The Hall–Kier alpha value is -0.830. The van der Waals surface area contributed by atoms with E-state index in [9.17, 15) is 0 Å². The molecule has 1 aliphatic rings. The molecular weight excluding hydrogens is 168 g/mol. The van der Waals surface area contributed by atoms with E-state index >= 15 is 0 Å². The predicted octanol–water partition coefficient (Wildman–Crippen LogP) is 2.07. The molecule has 0 fully saturated rings. The Balaban J connectivity index is 2.55. The van der Waals surface area contributed by atoms with Gasteiger partial charge in [-0.3, -0.25) is 0 Å². The van der Waals surface area contributed by atoms with Crippen molar-refractivity contribution < 1.29 is 0 Å². The number of fused-ring (bicyclic) bond motifs is 1. The number of benzene rings is 1. The third kappa shape index (κ3) is 0.966. The van der Waals surface area contributed by atoms with E-state index < -0.39 is 0 Å². The fourth-order valence-corrected chi connectivity index (χ4v) is 1.86. The number of anilines is 2. The number of nitrogens with one attached hydrogen (secondary N) is 1. The zero-order valence-electron chi connectivity index (χ0n) is 7.20. The van der Waals surface area contributed by atoms with Crippen molar-refractivity contribution in [1.29, 1.82) is 0 Å². The molecular formula is C9H12N2S. The average Bonchev–Trinajstić information content (AvgIpc) is 2.29. The number of hydrogen-bond donors (Lipinski definition) is 2. The van der Waals surface area contributed by atoms with Gasteiger partial charge in [-0.25, -0.2) is 0 Å². The van der Waals surface area contributed by atoms with Crippen molar-refractivity contribution in [2.75, 3.05) is 17.3 Å². The van der Waals surface area contributed by atoms with Gasteiger partial charge in [0.1, 0.15) is 5.50 Å². The molecule has 1 unspecified atom stereocenters. The molecule has 0 saturated heterocycles. The number of thiol groups is 1. The summed E-state index contributed by atoms with van der Waals surface area (Å²) in [6.07, 6.45) is 0. The van der Waals surface area contributed by atoms with Crippen LogP contribution < -0.4 is 10.2 Å². The number of hydrogen-bond acceptors (Lipinski definition) is 3. The second kappa shape index (κ2) is 2.59. The molecule has 1 aromatic rings. The summed E-state index contributed by atoms with van der Waals surface area (Å²) in [5.41, 5.74) is 3.84. The summed E-state index contributed by atoms with van der Waals surface area (Å²) in [4.78, 5) is 2.13. The first-order chi connectivity index (χ1) is 5.70. The van der Waals surface area contributed by atoms with E-state index in [1.54, 1.807) is 0 Å². The molecule has 0 radical (unpaired) electrons. The van der Waals surface area contributed by atoms with Crippen LogP contribution in [0.1, 0.15) is 5.56 Å². The van der Waals surface area contributed by atoms with Crippen molar-refractivity contribution in [2.24, 2.45) is 0 Å². The Morgan fingerprint density at radius 1 is 1.50 bits per heavy atom. The van der Waals surface area contributed by atoms with Crippen molar-refractivity contribution in [2.45, 2.75) is 12.4 Å². The second-order valence-corrected chi connectivity index (χ2v) is 3.59. The first-order valence-corrected chi connectivity index (χ1v) is 4.49. The Labute approximate surface area is 78.0 Å². The van der Waals surface area contributed by atoms with Gasteiger partial charge in [0.05, 0.1) is 11.4 Å². The monoisotopic (exact) mass is 180 g/mol. The normalized spacial score (nSPS) is 20.6. The molecule has 1 aromatic carbocycles. The maximum absolute atomic E-state index is 4.39. The Bertz CT molecular complexity index is 311. The minimum absolute atomic E-state index is 0.112. The van der Waals surface area contributed by atoms with Gasteiger partial charge in [-0.2, -0.15) is 0 Å². The summed E-state index contributed by atoms with van der Waals surface area (Å²) in [5, 5.41) is 3.28. The van der Waals surface area contributed by atoms with E-state index in [2.05, 4.69) is 48.0 Å². The van der Waals surface area contributed by atoms with Gasteiger partial charge in [-0.05, 0) is 18.6 Å². The number of rotatable bonds is 0. The van der Waals surface area contributed by atoms with Gasteiger partial charge in [0, 0.05) is 7.05 Å². The molecule has 0 bridgehead atoms. The summed E-state index contributed by atoms with van der Waals surface area (Å²) in [5.74, 6) is 0. The largest absolute Gasteiger partial charge is 0.355 e. The molecule has 0 aliphatic carbocycles. The fourth-order valence-electron chi connectivity index (χ4n) is 1.60. The molecule has 1 aliphatic heterocycles. The molecule has 1 atom stereocenters.